The molecule has 7 nitrogen and oxygen atoms in total. The minimum atomic E-state index is -1.71. The van der Waals surface area contributed by atoms with Crippen molar-refractivity contribution in [3.05, 3.63) is 124 Å². The number of hydrogen-bond donors (Lipinski definition) is 3. The average Bonchev–Trinajstić information content (AvgIpc) is 3.00. The Morgan fingerprint density at radius 2 is 1.37 bits per heavy atom. The molecule has 46 heavy (non-hydrogen) atoms. The molecule has 1 saturated carbocycles. The first-order valence-corrected chi connectivity index (χ1v) is 15.6. The minimum Gasteiger partial charge on any atom is -0.489 e. The number of carbonyl (C=O) groups excluding carboxylic acids is 3. The summed E-state index contributed by atoms with van der Waals surface area (Å²) >= 11 is 0. The largest absolute Gasteiger partial charge is 0.489 e. The molecule has 0 heterocycles. The van der Waals surface area contributed by atoms with Gasteiger partial charge in [-0.25, -0.2) is 0 Å². The SMILES string of the molecule is Cc1cccc(COc2ccc(C3C(C(=O)Nc4cccc(C)c4C)C(=O)CC(C)(O)C3C(=O)Nc3cccc(C)c3C)cc2)c1. The van der Waals surface area contributed by atoms with E-state index in [9.17, 15) is 19.5 Å². The molecule has 1 fully saturated rings. The molecule has 4 atom stereocenters. The Bertz CT molecular complexity index is 1780. The summed E-state index contributed by atoms with van der Waals surface area (Å²) in [5.41, 5.74) is 6.06. The standard InChI is InChI=1S/C39H42N2O5/c1-23-10-7-13-28(20-23)22-46-30-18-16-29(17-19-30)34-35(37(43)40-31-14-8-11-24(2)26(31)4)33(42)21-39(6,45)36(34)38(44)41-32-15-9-12-25(3)27(32)5/h7-20,34-36,45H,21-22H2,1-6H3,(H,40,43)(H,41,44). The van der Waals surface area contributed by atoms with Crippen molar-refractivity contribution in [2.45, 2.75) is 66.1 Å². The summed E-state index contributed by atoms with van der Waals surface area (Å²) in [5.74, 6) is -4.06. The maximum Gasteiger partial charge on any atom is 0.235 e. The van der Waals surface area contributed by atoms with Crippen molar-refractivity contribution in [2.75, 3.05) is 10.6 Å². The highest BCUT2D eigenvalue weighted by atomic mass is 16.5. The average molecular weight is 619 g/mol. The van der Waals surface area contributed by atoms with Gasteiger partial charge in [0.2, 0.25) is 11.8 Å². The number of aliphatic hydroxyl groups is 1. The molecule has 238 valence electrons. The van der Waals surface area contributed by atoms with Gasteiger partial charge in [0, 0.05) is 23.7 Å². The fourth-order valence-electron chi connectivity index (χ4n) is 6.44. The van der Waals surface area contributed by atoms with E-state index in [4.69, 9.17) is 4.74 Å². The molecule has 0 bridgehead atoms. The summed E-state index contributed by atoms with van der Waals surface area (Å²) in [5, 5.41) is 17.7. The monoisotopic (exact) mass is 618 g/mol. The summed E-state index contributed by atoms with van der Waals surface area (Å²) in [4.78, 5) is 42.0. The molecule has 7 heteroatoms. The first kappa shape index (κ1) is 32.6. The molecule has 2 amide bonds. The van der Waals surface area contributed by atoms with Crippen LogP contribution in [0, 0.1) is 46.5 Å². The lowest BCUT2D eigenvalue weighted by Crippen LogP contribution is -2.56. The van der Waals surface area contributed by atoms with Gasteiger partial charge in [-0.3, -0.25) is 14.4 Å². The normalized spacial score (nSPS) is 21.0. The van der Waals surface area contributed by atoms with E-state index in [1.165, 1.54) is 6.92 Å². The Labute approximate surface area is 271 Å². The van der Waals surface area contributed by atoms with Gasteiger partial charge in [0.15, 0.2) is 0 Å². The van der Waals surface area contributed by atoms with Crippen LogP contribution in [0.15, 0.2) is 84.9 Å². The molecule has 1 aliphatic rings. The minimum absolute atomic E-state index is 0.336. The van der Waals surface area contributed by atoms with Crippen LogP contribution in [0.4, 0.5) is 11.4 Å². The van der Waals surface area contributed by atoms with Gasteiger partial charge < -0.3 is 20.5 Å². The number of aryl methyl sites for hydroxylation is 3. The van der Waals surface area contributed by atoms with Gasteiger partial charge >= 0.3 is 0 Å². The zero-order valence-electron chi connectivity index (χ0n) is 27.3. The molecule has 5 rings (SSSR count). The lowest BCUT2D eigenvalue weighted by Gasteiger charge is -2.44. The Morgan fingerprint density at radius 1 is 0.804 bits per heavy atom. The van der Waals surface area contributed by atoms with Gasteiger partial charge in [-0.05, 0) is 99.2 Å². The number of Topliss-reactive ketones (excluding diaryl/α,β-unsaturated/α-hetero) is 1. The second-order valence-electron chi connectivity index (χ2n) is 12.8. The summed E-state index contributed by atoms with van der Waals surface area (Å²) in [6.07, 6.45) is -0.336. The van der Waals surface area contributed by atoms with Crippen molar-refractivity contribution in [1.29, 1.82) is 0 Å². The number of anilines is 2. The Kier molecular flexibility index (Phi) is 9.44. The molecule has 0 aromatic heterocycles. The zero-order chi connectivity index (χ0) is 33.2. The molecular weight excluding hydrogens is 576 g/mol. The van der Waals surface area contributed by atoms with E-state index < -0.39 is 41.0 Å². The van der Waals surface area contributed by atoms with Gasteiger partial charge in [-0.15, -0.1) is 0 Å². The highest BCUT2D eigenvalue weighted by molar-refractivity contribution is 6.10. The van der Waals surface area contributed by atoms with Crippen LogP contribution >= 0.6 is 0 Å². The van der Waals surface area contributed by atoms with Crippen LogP contribution in [0.25, 0.3) is 0 Å². The summed E-state index contributed by atoms with van der Waals surface area (Å²) in [6, 6.07) is 26.4. The van der Waals surface area contributed by atoms with E-state index in [1.54, 1.807) is 30.3 Å². The van der Waals surface area contributed by atoms with E-state index in [1.807, 2.05) is 83.1 Å². The molecular formula is C39H42N2O5. The Balaban J connectivity index is 1.52. The zero-order valence-corrected chi connectivity index (χ0v) is 27.3. The second kappa shape index (κ2) is 13.3. The van der Waals surface area contributed by atoms with Gasteiger partial charge in [0.1, 0.15) is 24.1 Å². The van der Waals surface area contributed by atoms with Gasteiger partial charge in [-0.1, -0.05) is 66.2 Å². The van der Waals surface area contributed by atoms with Crippen LogP contribution in [0.1, 0.15) is 58.2 Å². The summed E-state index contributed by atoms with van der Waals surface area (Å²) in [7, 11) is 0. The molecule has 0 aliphatic heterocycles. The Hall–Kier alpha value is -4.75. The van der Waals surface area contributed by atoms with Gasteiger partial charge in [0.05, 0.1) is 11.5 Å². The number of hydrogen-bond acceptors (Lipinski definition) is 5. The molecule has 4 aromatic rings. The van der Waals surface area contributed by atoms with E-state index in [2.05, 4.69) is 16.7 Å². The van der Waals surface area contributed by atoms with Crippen molar-refractivity contribution in [3.8, 4) is 5.75 Å². The van der Waals surface area contributed by atoms with Crippen molar-refractivity contribution in [1.82, 2.24) is 0 Å². The van der Waals surface area contributed by atoms with E-state index >= 15 is 0 Å². The van der Waals surface area contributed by atoms with Crippen molar-refractivity contribution < 1.29 is 24.2 Å². The van der Waals surface area contributed by atoms with E-state index in [0.717, 1.165) is 33.4 Å². The fourth-order valence-corrected chi connectivity index (χ4v) is 6.44. The van der Waals surface area contributed by atoms with Gasteiger partial charge in [-0.2, -0.15) is 0 Å². The topological polar surface area (TPSA) is 105 Å². The number of benzene rings is 4. The lowest BCUT2D eigenvalue weighted by molar-refractivity contribution is -0.150. The number of amides is 2. The van der Waals surface area contributed by atoms with E-state index in [0.29, 0.717) is 29.3 Å². The van der Waals surface area contributed by atoms with Crippen LogP contribution in [0.5, 0.6) is 5.75 Å². The fraction of sp³-hybridized carbons (Fsp3) is 0.308. The predicted molar refractivity (Wildman–Crippen MR) is 181 cm³/mol. The molecule has 4 aromatic carbocycles. The third kappa shape index (κ3) is 6.90. The highest BCUT2D eigenvalue weighted by Crippen LogP contribution is 2.47. The van der Waals surface area contributed by atoms with Crippen LogP contribution in [0.2, 0.25) is 0 Å². The van der Waals surface area contributed by atoms with Gasteiger partial charge in [0.25, 0.3) is 0 Å². The van der Waals surface area contributed by atoms with Crippen molar-refractivity contribution in [3.63, 3.8) is 0 Å². The third-order valence-corrected chi connectivity index (χ3v) is 9.31. The number of ether oxygens (including phenoxy) is 1. The van der Waals surface area contributed by atoms with Crippen LogP contribution in [-0.4, -0.2) is 28.3 Å². The molecule has 3 N–H and O–H groups in total. The molecule has 0 radical (unpaired) electrons. The van der Waals surface area contributed by atoms with Crippen molar-refractivity contribution in [2.24, 2.45) is 11.8 Å². The Morgan fingerprint density at radius 3 is 1.96 bits per heavy atom. The summed E-state index contributed by atoms with van der Waals surface area (Å²) in [6.45, 7) is 11.6. The highest BCUT2D eigenvalue weighted by Gasteiger charge is 2.56. The molecule has 4 unspecified atom stereocenters. The number of rotatable bonds is 8. The summed E-state index contributed by atoms with van der Waals surface area (Å²) < 4.78 is 6.03. The first-order valence-electron chi connectivity index (χ1n) is 15.6. The maximum atomic E-state index is 14.2. The first-order chi connectivity index (χ1) is 21.9. The molecule has 0 saturated heterocycles. The van der Waals surface area contributed by atoms with Crippen LogP contribution in [-0.2, 0) is 21.0 Å². The lowest BCUT2D eigenvalue weighted by atomic mass is 9.61. The molecule has 0 spiro atoms. The predicted octanol–water partition coefficient (Wildman–Crippen LogP) is 7.12. The smallest absolute Gasteiger partial charge is 0.235 e. The third-order valence-electron chi connectivity index (χ3n) is 9.31. The van der Waals surface area contributed by atoms with E-state index in [-0.39, 0.29) is 6.42 Å². The number of ketones is 1. The van der Waals surface area contributed by atoms with Crippen LogP contribution < -0.4 is 15.4 Å². The quantitative estimate of drug-likeness (QED) is 0.182. The van der Waals surface area contributed by atoms with Crippen molar-refractivity contribution >= 4 is 29.0 Å². The second-order valence-corrected chi connectivity index (χ2v) is 12.8. The molecule has 1 aliphatic carbocycles. The van der Waals surface area contributed by atoms with Crippen LogP contribution in [0.3, 0.4) is 0 Å². The number of nitrogens with one attached hydrogen (secondary N) is 2. The number of carbonyl (C=O) groups is 3. The maximum absolute atomic E-state index is 14.2.